The minimum absolute atomic E-state index is 0.232. The summed E-state index contributed by atoms with van der Waals surface area (Å²) in [6.07, 6.45) is 0. The maximum atomic E-state index is 13.0. The molecule has 0 spiro atoms. The molecule has 10 nitrogen and oxygen atoms in total. The van der Waals surface area contributed by atoms with Gasteiger partial charge in [-0.2, -0.15) is 10.5 Å². The summed E-state index contributed by atoms with van der Waals surface area (Å²) in [6.45, 7) is 6.05. The zero-order valence-corrected chi connectivity index (χ0v) is 17.4. The van der Waals surface area contributed by atoms with Gasteiger partial charge in [-0.1, -0.05) is 5.06 Å². The van der Waals surface area contributed by atoms with Gasteiger partial charge in [0, 0.05) is 23.9 Å². The summed E-state index contributed by atoms with van der Waals surface area (Å²) in [6, 6.07) is 11.2. The average Bonchev–Trinajstić information content (AvgIpc) is 2.77. The lowest BCUT2D eigenvalue weighted by Crippen LogP contribution is -3.09. The van der Waals surface area contributed by atoms with Crippen LogP contribution < -0.4 is 20.3 Å². The molecule has 0 aromatic heterocycles. The van der Waals surface area contributed by atoms with E-state index < -0.39 is 11.3 Å². The number of amidine groups is 1. The SMILES string of the molecule is Cc1cc2c(cc1C)[NH+]([O-])C(C#N)C(=[N+]1CCN(c3ccc([NH+]([O-])O)cc3)CC1)N2O. The van der Waals surface area contributed by atoms with E-state index in [1.54, 1.807) is 36.4 Å². The Morgan fingerprint density at radius 2 is 1.77 bits per heavy atom. The van der Waals surface area contributed by atoms with Crippen LogP contribution in [0.15, 0.2) is 36.4 Å². The van der Waals surface area contributed by atoms with Crippen molar-refractivity contribution in [3.63, 3.8) is 0 Å². The third-order valence-electron chi connectivity index (χ3n) is 6.06. The van der Waals surface area contributed by atoms with Crippen LogP contribution in [0, 0.1) is 35.6 Å². The molecule has 2 aliphatic rings. The van der Waals surface area contributed by atoms with E-state index in [0.29, 0.717) is 43.4 Å². The van der Waals surface area contributed by atoms with Crippen LogP contribution in [-0.2, 0) is 0 Å². The van der Waals surface area contributed by atoms with Crippen LogP contribution in [0.1, 0.15) is 11.1 Å². The standard InChI is InChI=1S/C21H25N6O4/c1-14-11-18-19(12-15(14)2)26(29)21(20(13-22)25(18)28)24-9-7-23(8-10-24)16-3-5-17(6-4-16)27(30)31/h3-6,11-12,20,25,27,29-30H,7-10H2,1-2H3/q+1. The lowest BCUT2D eigenvalue weighted by Gasteiger charge is -2.36. The van der Waals surface area contributed by atoms with Gasteiger partial charge in [-0.3, -0.25) is 4.58 Å². The molecule has 10 heteroatoms. The van der Waals surface area contributed by atoms with Crippen LogP contribution in [0.25, 0.3) is 0 Å². The van der Waals surface area contributed by atoms with Crippen LogP contribution in [0.4, 0.5) is 22.7 Å². The Hall–Kier alpha value is -3.04. The molecular weight excluding hydrogens is 400 g/mol. The molecule has 2 aromatic carbocycles. The Bertz CT molecular complexity index is 1050. The molecule has 0 amide bonds. The normalized spacial score (nSPS) is 22.2. The Kier molecular flexibility index (Phi) is 5.63. The Morgan fingerprint density at radius 1 is 1.16 bits per heavy atom. The third-order valence-corrected chi connectivity index (χ3v) is 6.06. The van der Waals surface area contributed by atoms with Crippen molar-refractivity contribution in [1.29, 1.82) is 5.26 Å². The minimum atomic E-state index is -1.07. The van der Waals surface area contributed by atoms with Gasteiger partial charge < -0.3 is 20.4 Å². The number of benzene rings is 2. The highest BCUT2D eigenvalue weighted by Gasteiger charge is 2.46. The molecule has 0 radical (unpaired) electrons. The maximum Gasteiger partial charge on any atom is 0.358 e. The quantitative estimate of drug-likeness (QED) is 0.297. The molecule has 4 N–H and O–H groups in total. The first-order valence-electron chi connectivity index (χ1n) is 10.1. The number of nitriles is 1. The maximum absolute atomic E-state index is 13.0. The molecule has 0 aliphatic carbocycles. The molecule has 162 valence electrons. The lowest BCUT2D eigenvalue weighted by atomic mass is 10.0. The van der Waals surface area contributed by atoms with Crippen molar-refractivity contribution >= 4 is 28.6 Å². The second-order valence-electron chi connectivity index (χ2n) is 7.88. The number of anilines is 2. The zero-order valence-electron chi connectivity index (χ0n) is 17.4. The summed E-state index contributed by atoms with van der Waals surface area (Å²) in [5, 5.41) is 53.5. The number of hydrogen-bond acceptors (Lipinski definition) is 6. The summed E-state index contributed by atoms with van der Waals surface area (Å²) in [4.78, 5) is 2.11. The van der Waals surface area contributed by atoms with Crippen LogP contribution in [0.2, 0.25) is 0 Å². The first kappa shape index (κ1) is 21.2. The molecule has 2 aliphatic heterocycles. The number of quaternary nitrogens is 2. The van der Waals surface area contributed by atoms with Gasteiger partial charge in [-0.15, -0.1) is 0 Å². The van der Waals surface area contributed by atoms with E-state index in [1.807, 2.05) is 18.4 Å². The number of nitrogens with one attached hydrogen (secondary N) is 2. The first-order valence-corrected chi connectivity index (χ1v) is 10.1. The van der Waals surface area contributed by atoms with Crippen molar-refractivity contribution in [2.45, 2.75) is 19.9 Å². The number of hydroxylamine groups is 2. The lowest BCUT2D eigenvalue weighted by molar-refractivity contribution is -0.991. The largest absolute Gasteiger partial charge is 0.627 e. The predicted molar refractivity (Wildman–Crippen MR) is 113 cm³/mol. The van der Waals surface area contributed by atoms with Crippen LogP contribution in [0.5, 0.6) is 0 Å². The van der Waals surface area contributed by atoms with E-state index in [9.17, 15) is 20.9 Å². The molecule has 3 atom stereocenters. The predicted octanol–water partition coefficient (Wildman–Crippen LogP) is -0.246. The van der Waals surface area contributed by atoms with Gasteiger partial charge in [0.2, 0.25) is 5.69 Å². The topological polar surface area (TPSA) is 129 Å². The molecule has 1 saturated heterocycles. The van der Waals surface area contributed by atoms with Gasteiger partial charge >= 0.3 is 5.84 Å². The van der Waals surface area contributed by atoms with Crippen molar-refractivity contribution in [3.8, 4) is 6.07 Å². The number of nitrogens with zero attached hydrogens (tertiary/aromatic N) is 4. The van der Waals surface area contributed by atoms with E-state index >= 15 is 0 Å². The summed E-state index contributed by atoms with van der Waals surface area (Å²) in [5.41, 5.74) is 3.79. The van der Waals surface area contributed by atoms with Gasteiger partial charge in [0.05, 0.1) is 13.1 Å². The summed E-state index contributed by atoms with van der Waals surface area (Å²) < 4.78 is 1.88. The average molecular weight is 425 g/mol. The fourth-order valence-electron chi connectivity index (χ4n) is 4.13. The number of aryl methyl sites for hydroxylation is 2. The Balaban J connectivity index is 1.61. The monoisotopic (exact) mass is 425 g/mol. The molecule has 2 aromatic rings. The molecule has 1 fully saturated rings. The highest BCUT2D eigenvalue weighted by Crippen LogP contribution is 2.29. The molecular formula is C21H25N6O4+. The van der Waals surface area contributed by atoms with Crippen LogP contribution in [-0.4, -0.2) is 53.0 Å². The van der Waals surface area contributed by atoms with Crippen LogP contribution >= 0.6 is 0 Å². The number of fused-ring (bicyclic) bond motifs is 1. The molecule has 2 heterocycles. The second kappa shape index (κ2) is 8.24. The number of hydrogen-bond donors (Lipinski definition) is 4. The molecule has 0 saturated carbocycles. The summed E-state index contributed by atoms with van der Waals surface area (Å²) in [5.74, 6) is 0.295. The fourth-order valence-corrected chi connectivity index (χ4v) is 4.13. The minimum Gasteiger partial charge on any atom is -0.627 e. The van der Waals surface area contributed by atoms with Gasteiger partial charge in [0.1, 0.15) is 19.2 Å². The van der Waals surface area contributed by atoms with Crippen molar-refractivity contribution in [2.24, 2.45) is 0 Å². The van der Waals surface area contributed by atoms with Gasteiger partial charge in [-0.05, 0) is 43.2 Å². The molecule has 0 bridgehead atoms. The zero-order chi connectivity index (χ0) is 22.3. The third kappa shape index (κ3) is 3.75. The number of piperazine rings is 1. The second-order valence-corrected chi connectivity index (χ2v) is 7.88. The molecule has 31 heavy (non-hydrogen) atoms. The van der Waals surface area contributed by atoms with Crippen molar-refractivity contribution < 1.29 is 25.3 Å². The summed E-state index contributed by atoms with van der Waals surface area (Å²) in [7, 11) is 0. The van der Waals surface area contributed by atoms with Crippen molar-refractivity contribution in [2.75, 3.05) is 36.1 Å². The highest BCUT2D eigenvalue weighted by atomic mass is 16.8. The van der Waals surface area contributed by atoms with E-state index in [0.717, 1.165) is 21.9 Å². The first-order chi connectivity index (χ1) is 14.8. The van der Waals surface area contributed by atoms with Crippen molar-refractivity contribution in [1.82, 2.24) is 0 Å². The van der Waals surface area contributed by atoms with E-state index in [1.165, 1.54) is 0 Å². The molecule has 4 rings (SSSR count). The van der Waals surface area contributed by atoms with Gasteiger partial charge in [0.25, 0.3) is 6.04 Å². The molecule has 3 unspecified atom stereocenters. The van der Waals surface area contributed by atoms with Gasteiger partial charge in [0.15, 0.2) is 11.4 Å². The van der Waals surface area contributed by atoms with E-state index in [2.05, 4.69) is 11.0 Å². The van der Waals surface area contributed by atoms with Crippen molar-refractivity contribution in [3.05, 3.63) is 57.9 Å². The van der Waals surface area contributed by atoms with Crippen LogP contribution in [0.3, 0.4) is 0 Å². The number of rotatable bonds is 2. The smallest absolute Gasteiger partial charge is 0.358 e. The van der Waals surface area contributed by atoms with Gasteiger partial charge in [-0.25, -0.2) is 10.4 Å². The van der Waals surface area contributed by atoms with E-state index in [4.69, 9.17) is 5.21 Å². The van der Waals surface area contributed by atoms with E-state index in [-0.39, 0.29) is 10.8 Å². The summed E-state index contributed by atoms with van der Waals surface area (Å²) >= 11 is 0. The Labute approximate surface area is 179 Å². The fraction of sp³-hybridized carbons (Fsp3) is 0.333. The highest BCUT2D eigenvalue weighted by molar-refractivity contribution is 6.00. The Morgan fingerprint density at radius 3 is 2.35 bits per heavy atom.